The molecule has 0 aliphatic rings. The molecule has 24 heavy (non-hydrogen) atoms. The lowest BCUT2D eigenvalue weighted by Crippen LogP contribution is -2.34. The lowest BCUT2D eigenvalue weighted by molar-refractivity contribution is -0.118. The Morgan fingerprint density at radius 3 is 1.79 bits per heavy atom. The molecule has 8 heteroatoms. The van der Waals surface area contributed by atoms with E-state index in [1.807, 2.05) is 0 Å². The van der Waals surface area contributed by atoms with E-state index < -0.39 is 0 Å². The minimum absolute atomic E-state index is 0.0563. The molecule has 0 aromatic carbocycles. The average Bonchev–Trinajstić information content (AvgIpc) is 2.50. The van der Waals surface area contributed by atoms with Crippen molar-refractivity contribution >= 4 is 59.9 Å². The summed E-state index contributed by atoms with van der Waals surface area (Å²) in [5.41, 5.74) is 0. The Kier molecular flexibility index (Phi) is 12.9. The van der Waals surface area contributed by atoms with E-state index in [0.29, 0.717) is 11.5 Å². The zero-order valence-electron chi connectivity index (χ0n) is 15.3. The van der Waals surface area contributed by atoms with Crippen molar-refractivity contribution in [3.63, 3.8) is 0 Å². The molecular formula is C16H30N2O2S4. The van der Waals surface area contributed by atoms with Crippen molar-refractivity contribution in [2.75, 3.05) is 18.6 Å². The van der Waals surface area contributed by atoms with Crippen LogP contribution in [0.15, 0.2) is 9.81 Å². The Balaban J connectivity index is 5.43. The van der Waals surface area contributed by atoms with E-state index in [-0.39, 0.29) is 34.8 Å². The quantitative estimate of drug-likeness (QED) is 0.309. The van der Waals surface area contributed by atoms with Gasteiger partial charge in [0.25, 0.3) is 0 Å². The number of hydrogen-bond acceptors (Lipinski definition) is 8. The van der Waals surface area contributed by atoms with E-state index in [1.165, 1.54) is 23.7 Å². The van der Waals surface area contributed by atoms with E-state index in [1.54, 1.807) is 14.0 Å². The number of carbonyl (C=O) groups is 2. The highest BCUT2D eigenvalue weighted by Crippen LogP contribution is 2.37. The summed E-state index contributed by atoms with van der Waals surface area (Å²) in [5.74, 6) is 1.42. The molecule has 0 aromatic heterocycles. The monoisotopic (exact) mass is 410 g/mol. The van der Waals surface area contributed by atoms with Crippen LogP contribution >= 0.6 is 49.0 Å². The number of nitrogens with one attached hydrogen (secondary N) is 2. The van der Waals surface area contributed by atoms with Gasteiger partial charge >= 0.3 is 0 Å². The first-order valence-corrected chi connectivity index (χ1v) is 10.9. The maximum atomic E-state index is 12.5. The molecule has 2 atom stereocenters. The molecule has 0 saturated carbocycles. The third-order valence-electron chi connectivity index (χ3n) is 3.30. The zero-order chi connectivity index (χ0) is 18.9. The minimum atomic E-state index is -0.302. The molecule has 0 saturated heterocycles. The van der Waals surface area contributed by atoms with E-state index in [4.69, 9.17) is 0 Å². The Hall–Kier alpha value is 0.400. The lowest BCUT2D eigenvalue weighted by Gasteiger charge is -2.23. The summed E-state index contributed by atoms with van der Waals surface area (Å²) in [6, 6.07) is -0.579. The summed E-state index contributed by atoms with van der Waals surface area (Å²) in [6.45, 7) is 9.90. The summed E-state index contributed by atoms with van der Waals surface area (Å²) in [7, 11) is 1.77. The van der Waals surface area contributed by atoms with Crippen LogP contribution in [0, 0.1) is 11.8 Å². The fraction of sp³-hybridized carbons (Fsp3) is 0.750. The molecule has 0 fully saturated rings. The van der Waals surface area contributed by atoms with Crippen molar-refractivity contribution in [1.29, 1.82) is 0 Å². The van der Waals surface area contributed by atoms with Crippen LogP contribution in [0.4, 0.5) is 0 Å². The number of likely N-dealkylation sites (N-methyl/N-ethyl adjacent to an activating group) is 1. The van der Waals surface area contributed by atoms with Gasteiger partial charge in [0.05, 0.1) is 12.1 Å². The largest absolute Gasteiger partial charge is 0.309 e. The third-order valence-corrected chi connectivity index (χ3v) is 6.87. The number of thiol groups is 2. The number of Topliss-reactive ketones (excluding diaryl/α,β-unsaturated/α-hetero) is 1. The number of thioether (sulfide) groups is 1. The number of hydrogen-bond donors (Lipinski definition) is 4. The van der Waals surface area contributed by atoms with Crippen molar-refractivity contribution in [2.45, 2.75) is 46.7 Å². The number of rotatable bonds is 11. The van der Waals surface area contributed by atoms with Gasteiger partial charge in [0.15, 0.2) is 0 Å². The van der Waals surface area contributed by atoms with Crippen LogP contribution in [0.1, 0.15) is 34.6 Å². The maximum Gasteiger partial charge on any atom is 0.211 e. The number of carbonyl (C=O) groups excluding carboxylic acids is 2. The van der Waals surface area contributed by atoms with Crippen LogP contribution in [0.2, 0.25) is 0 Å². The van der Waals surface area contributed by atoms with Crippen LogP contribution in [-0.2, 0) is 9.59 Å². The Bertz CT molecular complexity index is 449. The second-order valence-corrected chi connectivity index (χ2v) is 8.70. The predicted octanol–water partition coefficient (Wildman–Crippen LogP) is 3.41. The molecule has 0 bridgehead atoms. The third kappa shape index (κ3) is 8.19. The highest BCUT2D eigenvalue weighted by molar-refractivity contribution is 8.17. The van der Waals surface area contributed by atoms with Gasteiger partial charge in [0.1, 0.15) is 5.78 Å². The van der Waals surface area contributed by atoms with Crippen molar-refractivity contribution in [1.82, 2.24) is 10.0 Å². The highest BCUT2D eigenvalue weighted by atomic mass is 32.2. The molecule has 0 heterocycles. The minimum Gasteiger partial charge on any atom is -0.309 e. The number of allylic oxidation sites excluding steroid dienone is 2. The first kappa shape index (κ1) is 24.4. The van der Waals surface area contributed by atoms with Gasteiger partial charge < -0.3 is 5.32 Å². The summed E-state index contributed by atoms with van der Waals surface area (Å²) in [6.07, 6.45) is 0. The van der Waals surface area contributed by atoms with Crippen molar-refractivity contribution in [2.24, 2.45) is 11.8 Å². The van der Waals surface area contributed by atoms with Crippen molar-refractivity contribution in [3.05, 3.63) is 9.81 Å². The molecule has 2 N–H and O–H groups in total. The summed E-state index contributed by atoms with van der Waals surface area (Å²) < 4.78 is 3.19. The van der Waals surface area contributed by atoms with Gasteiger partial charge in [-0.1, -0.05) is 39.5 Å². The van der Waals surface area contributed by atoms with Crippen LogP contribution in [-0.4, -0.2) is 41.5 Å². The van der Waals surface area contributed by atoms with Gasteiger partial charge in [-0.2, -0.15) is 25.3 Å². The van der Waals surface area contributed by atoms with Crippen LogP contribution < -0.4 is 10.0 Å². The maximum absolute atomic E-state index is 12.5. The van der Waals surface area contributed by atoms with Crippen LogP contribution in [0.5, 0.6) is 0 Å². The van der Waals surface area contributed by atoms with Gasteiger partial charge in [0, 0.05) is 21.3 Å². The van der Waals surface area contributed by atoms with Crippen LogP contribution in [0.25, 0.3) is 0 Å². The van der Waals surface area contributed by atoms with E-state index in [0.717, 1.165) is 9.81 Å². The predicted molar refractivity (Wildman–Crippen MR) is 115 cm³/mol. The number of ketones is 1. The molecule has 0 amide bonds. The molecule has 0 aliphatic heterocycles. The smallest absolute Gasteiger partial charge is 0.211 e. The molecule has 4 nitrogen and oxygen atoms in total. The Morgan fingerprint density at radius 1 is 0.958 bits per heavy atom. The summed E-state index contributed by atoms with van der Waals surface area (Å²) in [5, 5.41) is 3.05. The molecule has 0 radical (unpaired) electrons. The van der Waals surface area contributed by atoms with E-state index >= 15 is 0 Å². The molecule has 0 spiro atoms. The highest BCUT2D eigenvalue weighted by Gasteiger charge is 2.24. The summed E-state index contributed by atoms with van der Waals surface area (Å²) >= 11 is 11.2. The SMILES string of the molecule is CN[C@@H](CS)C(=O)S/C(=C(\SN[C@@H](CS)C(C)=O)C(C)C)C(C)C. The van der Waals surface area contributed by atoms with E-state index in [9.17, 15) is 9.59 Å². The van der Waals surface area contributed by atoms with Gasteiger partial charge in [-0.15, -0.1) is 0 Å². The first-order chi connectivity index (χ1) is 11.2. The van der Waals surface area contributed by atoms with Gasteiger partial charge in [-0.3, -0.25) is 9.59 Å². The molecule has 0 rings (SSSR count). The van der Waals surface area contributed by atoms with Gasteiger partial charge in [-0.25, -0.2) is 4.72 Å². The Labute approximate surface area is 166 Å². The first-order valence-electron chi connectivity index (χ1n) is 7.97. The zero-order valence-corrected chi connectivity index (χ0v) is 18.7. The molecule has 0 aliphatic carbocycles. The standard InChI is InChI=1S/C16H30N2O2S4/c1-9(2)14(23-16(20)13(8-22)17-6)15(10(3)4)24-18-12(7-21)11(5)19/h9-10,12-13,17-18,21-22H,7-8H2,1-6H3/b15-14-/t12-,13-/m0/s1. The van der Waals surface area contributed by atoms with Gasteiger partial charge in [-0.05, 0) is 37.8 Å². The fourth-order valence-electron chi connectivity index (χ4n) is 1.75. The second-order valence-electron chi connectivity index (χ2n) is 6.05. The van der Waals surface area contributed by atoms with E-state index in [2.05, 4.69) is 63.0 Å². The second kappa shape index (κ2) is 12.7. The average molecular weight is 411 g/mol. The van der Waals surface area contributed by atoms with Gasteiger partial charge in [0.2, 0.25) is 5.12 Å². The molecular weight excluding hydrogens is 380 g/mol. The Morgan fingerprint density at radius 2 is 1.46 bits per heavy atom. The molecule has 0 unspecified atom stereocenters. The van der Waals surface area contributed by atoms with Crippen molar-refractivity contribution < 1.29 is 9.59 Å². The normalized spacial score (nSPS) is 15.4. The fourth-order valence-corrected chi connectivity index (χ4v) is 5.17. The van der Waals surface area contributed by atoms with Crippen LogP contribution in [0.3, 0.4) is 0 Å². The lowest BCUT2D eigenvalue weighted by atomic mass is 10.1. The summed E-state index contributed by atoms with van der Waals surface area (Å²) in [4.78, 5) is 26.2. The molecule has 0 aromatic rings. The topological polar surface area (TPSA) is 58.2 Å². The molecule has 140 valence electrons. The van der Waals surface area contributed by atoms with Crippen molar-refractivity contribution in [3.8, 4) is 0 Å².